The molecule has 0 saturated heterocycles. The third kappa shape index (κ3) is 3.16. The van der Waals surface area contributed by atoms with Crippen LogP contribution in [0.15, 0.2) is 23.1 Å². The van der Waals surface area contributed by atoms with Crippen LogP contribution in [0.25, 0.3) is 0 Å². The van der Waals surface area contributed by atoms with E-state index in [0.717, 1.165) is 0 Å². The standard InChI is InChI=1S/C11H13Cl2NO3S/c1-3-14(4-2)11(15)10-8(12)6-5-7-9(10)18(13,16)17/h5-7H,3-4H2,1-2H3. The van der Waals surface area contributed by atoms with Gasteiger partial charge in [0.1, 0.15) is 0 Å². The summed E-state index contributed by atoms with van der Waals surface area (Å²) in [5, 5.41) is 0.0774. The van der Waals surface area contributed by atoms with Crippen LogP contribution in [0.3, 0.4) is 0 Å². The molecule has 0 saturated carbocycles. The van der Waals surface area contributed by atoms with Gasteiger partial charge in [-0.15, -0.1) is 0 Å². The van der Waals surface area contributed by atoms with E-state index in [0.29, 0.717) is 13.1 Å². The average molecular weight is 310 g/mol. The molecule has 0 fully saturated rings. The second kappa shape index (κ2) is 5.91. The summed E-state index contributed by atoms with van der Waals surface area (Å²) in [5.41, 5.74) is -0.0714. The molecule has 0 N–H and O–H groups in total. The molecule has 0 aromatic heterocycles. The molecule has 0 aliphatic rings. The van der Waals surface area contributed by atoms with E-state index in [1.807, 2.05) is 0 Å². The van der Waals surface area contributed by atoms with Crippen molar-refractivity contribution < 1.29 is 13.2 Å². The summed E-state index contributed by atoms with van der Waals surface area (Å²) in [6.07, 6.45) is 0. The number of halogens is 2. The summed E-state index contributed by atoms with van der Waals surface area (Å²) >= 11 is 5.92. The SMILES string of the molecule is CCN(CC)C(=O)c1c(Cl)cccc1S(=O)(=O)Cl. The van der Waals surface area contributed by atoms with E-state index in [-0.39, 0.29) is 15.5 Å². The summed E-state index contributed by atoms with van der Waals surface area (Å²) < 4.78 is 22.9. The number of carbonyl (C=O) groups excluding carboxylic acids is 1. The van der Waals surface area contributed by atoms with Crippen molar-refractivity contribution in [2.45, 2.75) is 18.7 Å². The van der Waals surface area contributed by atoms with E-state index in [1.54, 1.807) is 13.8 Å². The Kier molecular flexibility index (Phi) is 5.01. The first kappa shape index (κ1) is 15.3. The zero-order chi connectivity index (χ0) is 13.9. The second-order valence-corrected chi connectivity index (χ2v) is 6.47. The van der Waals surface area contributed by atoms with Gasteiger partial charge in [-0.25, -0.2) is 8.42 Å². The number of hydrogen-bond donors (Lipinski definition) is 0. The Bertz CT molecular complexity index is 553. The van der Waals surface area contributed by atoms with Gasteiger partial charge in [0.2, 0.25) is 0 Å². The van der Waals surface area contributed by atoms with E-state index in [1.165, 1.54) is 23.1 Å². The highest BCUT2D eigenvalue weighted by Crippen LogP contribution is 2.27. The fourth-order valence-corrected chi connectivity index (χ4v) is 2.96. The molecule has 0 unspecified atom stereocenters. The Morgan fingerprint density at radius 3 is 2.28 bits per heavy atom. The molecular formula is C11H13Cl2NO3S. The fraction of sp³-hybridized carbons (Fsp3) is 0.364. The lowest BCUT2D eigenvalue weighted by Gasteiger charge is -2.20. The molecule has 1 amide bonds. The van der Waals surface area contributed by atoms with Gasteiger partial charge in [0.25, 0.3) is 15.0 Å². The topological polar surface area (TPSA) is 54.5 Å². The van der Waals surface area contributed by atoms with E-state index >= 15 is 0 Å². The summed E-state index contributed by atoms with van der Waals surface area (Å²) in [6.45, 7) is 4.52. The van der Waals surface area contributed by atoms with Gasteiger partial charge < -0.3 is 4.90 Å². The van der Waals surface area contributed by atoms with Gasteiger partial charge >= 0.3 is 0 Å². The third-order valence-electron chi connectivity index (χ3n) is 2.50. The van der Waals surface area contributed by atoms with Crippen LogP contribution in [0, 0.1) is 0 Å². The predicted molar refractivity (Wildman–Crippen MR) is 71.7 cm³/mol. The van der Waals surface area contributed by atoms with Crippen LogP contribution in [-0.4, -0.2) is 32.3 Å². The first-order chi connectivity index (χ1) is 8.32. The molecule has 0 aliphatic heterocycles. The van der Waals surface area contributed by atoms with Gasteiger partial charge in [-0.05, 0) is 26.0 Å². The Balaban J connectivity index is 3.44. The molecule has 0 bridgehead atoms. The molecule has 1 aromatic rings. The quantitative estimate of drug-likeness (QED) is 0.804. The molecule has 18 heavy (non-hydrogen) atoms. The second-order valence-electron chi connectivity index (χ2n) is 3.53. The Morgan fingerprint density at radius 1 is 1.28 bits per heavy atom. The van der Waals surface area contributed by atoms with Crippen LogP contribution in [0.2, 0.25) is 5.02 Å². The lowest BCUT2D eigenvalue weighted by Crippen LogP contribution is -2.31. The predicted octanol–water partition coefficient (Wildman–Crippen LogP) is 2.75. The van der Waals surface area contributed by atoms with Crippen molar-refractivity contribution in [1.29, 1.82) is 0 Å². The van der Waals surface area contributed by atoms with Gasteiger partial charge in [0.05, 0.1) is 15.5 Å². The molecule has 0 heterocycles. The van der Waals surface area contributed by atoms with Crippen LogP contribution in [0.4, 0.5) is 0 Å². The highest BCUT2D eigenvalue weighted by atomic mass is 35.7. The van der Waals surface area contributed by atoms with Crippen LogP contribution in [0.5, 0.6) is 0 Å². The number of carbonyl (C=O) groups is 1. The molecule has 0 radical (unpaired) electrons. The molecular weight excluding hydrogens is 297 g/mol. The first-order valence-corrected chi connectivity index (χ1v) is 8.04. The average Bonchev–Trinajstić information content (AvgIpc) is 2.28. The van der Waals surface area contributed by atoms with Gasteiger partial charge in [-0.2, -0.15) is 0 Å². The molecule has 1 rings (SSSR count). The number of rotatable bonds is 4. The monoisotopic (exact) mass is 309 g/mol. The van der Waals surface area contributed by atoms with E-state index in [2.05, 4.69) is 0 Å². The van der Waals surface area contributed by atoms with Crippen molar-refractivity contribution in [3.8, 4) is 0 Å². The summed E-state index contributed by atoms with van der Waals surface area (Å²) in [4.78, 5) is 13.4. The summed E-state index contributed by atoms with van der Waals surface area (Å²) in [6, 6.07) is 4.17. The maximum atomic E-state index is 12.2. The Hall–Kier alpha value is -0.780. The van der Waals surface area contributed by atoms with Crippen LogP contribution >= 0.6 is 22.3 Å². The van der Waals surface area contributed by atoms with Crippen molar-refractivity contribution in [3.05, 3.63) is 28.8 Å². The summed E-state index contributed by atoms with van der Waals surface area (Å²) in [7, 11) is 1.30. The molecule has 100 valence electrons. The molecule has 1 aromatic carbocycles. The van der Waals surface area contributed by atoms with Crippen molar-refractivity contribution in [3.63, 3.8) is 0 Å². The first-order valence-electron chi connectivity index (χ1n) is 5.35. The van der Waals surface area contributed by atoms with Gasteiger partial charge in [0, 0.05) is 23.8 Å². The highest BCUT2D eigenvalue weighted by molar-refractivity contribution is 8.13. The van der Waals surface area contributed by atoms with Crippen LogP contribution < -0.4 is 0 Å². The van der Waals surface area contributed by atoms with Crippen molar-refractivity contribution in [1.82, 2.24) is 4.90 Å². The van der Waals surface area contributed by atoms with Crippen molar-refractivity contribution >= 4 is 37.2 Å². The number of amides is 1. The lowest BCUT2D eigenvalue weighted by atomic mass is 10.2. The minimum absolute atomic E-state index is 0.0714. The largest absolute Gasteiger partial charge is 0.339 e. The number of nitrogens with zero attached hydrogens (tertiary/aromatic N) is 1. The molecule has 0 atom stereocenters. The smallest absolute Gasteiger partial charge is 0.262 e. The van der Waals surface area contributed by atoms with Crippen molar-refractivity contribution in [2.75, 3.05) is 13.1 Å². The third-order valence-corrected chi connectivity index (χ3v) is 4.18. The molecule has 4 nitrogen and oxygen atoms in total. The van der Waals surface area contributed by atoms with Crippen molar-refractivity contribution in [2.24, 2.45) is 0 Å². The minimum atomic E-state index is -4.01. The van der Waals surface area contributed by atoms with Gasteiger partial charge in [0.15, 0.2) is 0 Å². The van der Waals surface area contributed by atoms with E-state index in [9.17, 15) is 13.2 Å². The molecule has 7 heteroatoms. The summed E-state index contributed by atoms with van der Waals surface area (Å²) in [5.74, 6) is -0.440. The minimum Gasteiger partial charge on any atom is -0.339 e. The molecule has 0 aliphatic carbocycles. The molecule has 0 spiro atoms. The van der Waals surface area contributed by atoms with Gasteiger partial charge in [-0.3, -0.25) is 4.79 Å². The van der Waals surface area contributed by atoms with Crippen LogP contribution in [0.1, 0.15) is 24.2 Å². The van der Waals surface area contributed by atoms with Gasteiger partial charge in [-0.1, -0.05) is 17.7 Å². The maximum absolute atomic E-state index is 12.2. The maximum Gasteiger partial charge on any atom is 0.262 e. The highest BCUT2D eigenvalue weighted by Gasteiger charge is 2.25. The van der Waals surface area contributed by atoms with E-state index in [4.69, 9.17) is 22.3 Å². The number of hydrogen-bond acceptors (Lipinski definition) is 3. The van der Waals surface area contributed by atoms with Crippen LogP contribution in [-0.2, 0) is 9.05 Å². The Morgan fingerprint density at radius 2 is 1.83 bits per heavy atom. The number of benzene rings is 1. The zero-order valence-electron chi connectivity index (χ0n) is 9.98. The Labute approximate surface area is 116 Å². The normalized spacial score (nSPS) is 11.3. The zero-order valence-corrected chi connectivity index (χ0v) is 12.3. The fourth-order valence-electron chi connectivity index (χ4n) is 1.58. The van der Waals surface area contributed by atoms with E-state index < -0.39 is 15.0 Å². The lowest BCUT2D eigenvalue weighted by molar-refractivity contribution is 0.0769.